The van der Waals surface area contributed by atoms with Crippen molar-refractivity contribution >= 4 is 0 Å². The molecular weight excluding hydrogens is 196 g/mol. The monoisotopic (exact) mass is 222 g/mol. The van der Waals surface area contributed by atoms with Gasteiger partial charge in [0.05, 0.1) is 0 Å². The molecule has 0 atom stereocenters. The molecule has 0 aliphatic heterocycles. The molecule has 2 nitrogen and oxygen atoms in total. The van der Waals surface area contributed by atoms with Gasteiger partial charge < -0.3 is 10.6 Å². The topological polar surface area (TPSA) is 24.1 Å². The van der Waals surface area contributed by atoms with Crippen LogP contribution < -0.4 is 10.6 Å². The minimum absolute atomic E-state index is 0.136. The largest absolute Gasteiger partial charge is 0.380 e. The van der Waals surface area contributed by atoms with Crippen LogP contribution in [0, 0.1) is 0 Å². The van der Waals surface area contributed by atoms with Crippen LogP contribution in [0.2, 0.25) is 0 Å². The third-order valence-electron chi connectivity index (χ3n) is 2.35. The molecule has 2 heteroatoms. The van der Waals surface area contributed by atoms with Gasteiger partial charge in [0.25, 0.3) is 0 Å². The van der Waals surface area contributed by atoms with Crippen molar-refractivity contribution in [1.29, 1.82) is 0 Å². The van der Waals surface area contributed by atoms with Gasteiger partial charge in [-0.1, -0.05) is 12.2 Å². The zero-order valence-corrected chi connectivity index (χ0v) is 11.6. The second kappa shape index (κ2) is 4.62. The van der Waals surface area contributed by atoms with E-state index in [1.54, 1.807) is 0 Å². The molecule has 0 radical (unpaired) electrons. The maximum Gasteiger partial charge on any atom is 0.0349 e. The minimum Gasteiger partial charge on any atom is -0.380 e. The molecular formula is C14H26N2. The molecule has 0 aromatic carbocycles. The Morgan fingerprint density at radius 1 is 1.00 bits per heavy atom. The molecule has 0 heterocycles. The molecule has 0 saturated heterocycles. The summed E-state index contributed by atoms with van der Waals surface area (Å²) in [4.78, 5) is 0. The molecule has 1 rings (SSSR count). The fraction of sp³-hybridized carbons (Fsp3) is 0.714. The Hall–Kier alpha value is -0.760. The molecule has 0 bridgehead atoms. The van der Waals surface area contributed by atoms with E-state index < -0.39 is 0 Å². The second-order valence-electron chi connectivity index (χ2n) is 6.56. The van der Waals surface area contributed by atoms with Gasteiger partial charge in [0.1, 0.15) is 0 Å². The fourth-order valence-corrected chi connectivity index (χ4v) is 1.62. The average molecular weight is 222 g/mol. The predicted molar refractivity (Wildman–Crippen MR) is 71.4 cm³/mol. The summed E-state index contributed by atoms with van der Waals surface area (Å²) in [5.41, 5.74) is 3.00. The third kappa shape index (κ3) is 4.84. The maximum atomic E-state index is 3.56. The van der Waals surface area contributed by atoms with E-state index in [-0.39, 0.29) is 11.1 Å². The van der Waals surface area contributed by atoms with Crippen LogP contribution in [0.5, 0.6) is 0 Å². The molecule has 0 spiro atoms. The summed E-state index contributed by atoms with van der Waals surface area (Å²) in [6, 6.07) is 0. The van der Waals surface area contributed by atoms with E-state index in [0.29, 0.717) is 0 Å². The van der Waals surface area contributed by atoms with Gasteiger partial charge in [-0.05, 0) is 53.5 Å². The van der Waals surface area contributed by atoms with Gasteiger partial charge in [0.15, 0.2) is 0 Å². The summed E-state index contributed by atoms with van der Waals surface area (Å²) in [5.74, 6) is 0. The quantitative estimate of drug-likeness (QED) is 0.767. The standard InChI is InChI=1S/C14H26N2/c1-13(2,3)15-10-11-8-7-9-12(11)16-14(4,5)6/h8-9,15-16H,7,10H2,1-6H3. The summed E-state index contributed by atoms with van der Waals surface area (Å²) >= 11 is 0. The van der Waals surface area contributed by atoms with E-state index in [4.69, 9.17) is 0 Å². The maximum absolute atomic E-state index is 3.56. The molecule has 0 fully saturated rings. The molecule has 92 valence electrons. The van der Waals surface area contributed by atoms with Gasteiger partial charge in [-0.25, -0.2) is 0 Å². The van der Waals surface area contributed by atoms with Crippen LogP contribution in [0.1, 0.15) is 48.0 Å². The number of allylic oxidation sites excluding steroid dienone is 2. The van der Waals surface area contributed by atoms with Crippen LogP contribution in [0.15, 0.2) is 23.4 Å². The second-order valence-corrected chi connectivity index (χ2v) is 6.56. The van der Waals surface area contributed by atoms with Crippen LogP contribution in [-0.4, -0.2) is 17.6 Å². The normalized spacial score (nSPS) is 17.1. The predicted octanol–water partition coefficient (Wildman–Crippen LogP) is 2.98. The van der Waals surface area contributed by atoms with Gasteiger partial charge in [-0.15, -0.1) is 0 Å². The lowest BCUT2D eigenvalue weighted by Crippen LogP contribution is -2.40. The fourth-order valence-electron chi connectivity index (χ4n) is 1.62. The van der Waals surface area contributed by atoms with Crippen molar-refractivity contribution in [3.8, 4) is 0 Å². The van der Waals surface area contributed by atoms with Crippen molar-refractivity contribution in [2.24, 2.45) is 0 Å². The summed E-state index contributed by atoms with van der Waals surface area (Å²) in [6.07, 6.45) is 5.62. The van der Waals surface area contributed by atoms with E-state index in [9.17, 15) is 0 Å². The van der Waals surface area contributed by atoms with Crippen molar-refractivity contribution in [2.45, 2.75) is 59.0 Å². The average Bonchev–Trinajstić information content (AvgIpc) is 2.44. The number of hydrogen-bond donors (Lipinski definition) is 2. The first-order valence-electron chi connectivity index (χ1n) is 6.10. The van der Waals surface area contributed by atoms with Gasteiger partial charge in [-0.3, -0.25) is 0 Å². The lowest BCUT2D eigenvalue weighted by molar-refractivity contribution is 0.438. The van der Waals surface area contributed by atoms with Crippen LogP contribution in [0.25, 0.3) is 0 Å². The Balaban J connectivity index is 2.53. The Bertz CT molecular complexity index is 298. The van der Waals surface area contributed by atoms with Gasteiger partial charge in [0.2, 0.25) is 0 Å². The molecule has 2 N–H and O–H groups in total. The van der Waals surface area contributed by atoms with Crippen LogP contribution in [0.4, 0.5) is 0 Å². The first-order chi connectivity index (χ1) is 7.17. The Kier molecular flexibility index (Phi) is 3.84. The summed E-state index contributed by atoms with van der Waals surface area (Å²) in [6.45, 7) is 14.1. The van der Waals surface area contributed by atoms with Crippen LogP contribution in [0.3, 0.4) is 0 Å². The molecule has 0 aromatic rings. The molecule has 16 heavy (non-hydrogen) atoms. The van der Waals surface area contributed by atoms with Crippen molar-refractivity contribution in [3.63, 3.8) is 0 Å². The summed E-state index contributed by atoms with van der Waals surface area (Å²) in [7, 11) is 0. The molecule has 1 aliphatic carbocycles. The highest BCUT2D eigenvalue weighted by Gasteiger charge is 2.18. The smallest absolute Gasteiger partial charge is 0.0349 e. The first kappa shape index (κ1) is 13.3. The molecule has 0 saturated carbocycles. The minimum atomic E-state index is 0.136. The highest BCUT2D eigenvalue weighted by molar-refractivity contribution is 5.37. The third-order valence-corrected chi connectivity index (χ3v) is 2.35. The number of rotatable bonds is 3. The van der Waals surface area contributed by atoms with Crippen molar-refractivity contribution in [3.05, 3.63) is 23.4 Å². The molecule has 0 amide bonds. The van der Waals surface area contributed by atoms with Crippen LogP contribution in [-0.2, 0) is 0 Å². The highest BCUT2D eigenvalue weighted by Crippen LogP contribution is 2.19. The Morgan fingerprint density at radius 3 is 2.12 bits per heavy atom. The lowest BCUT2D eigenvalue weighted by Gasteiger charge is -2.26. The SMILES string of the molecule is CC(C)(C)NCC1=CCC=C1NC(C)(C)C. The summed E-state index contributed by atoms with van der Waals surface area (Å²) < 4.78 is 0. The van der Waals surface area contributed by atoms with Crippen molar-refractivity contribution < 1.29 is 0 Å². The molecule has 0 unspecified atom stereocenters. The molecule has 0 aromatic heterocycles. The van der Waals surface area contributed by atoms with Gasteiger partial charge >= 0.3 is 0 Å². The van der Waals surface area contributed by atoms with E-state index in [1.807, 2.05) is 0 Å². The van der Waals surface area contributed by atoms with Gasteiger partial charge in [0, 0.05) is 23.3 Å². The zero-order chi connectivity index (χ0) is 12.4. The van der Waals surface area contributed by atoms with E-state index in [0.717, 1.165) is 13.0 Å². The van der Waals surface area contributed by atoms with Crippen molar-refractivity contribution in [1.82, 2.24) is 10.6 Å². The number of nitrogens with one attached hydrogen (secondary N) is 2. The lowest BCUT2D eigenvalue weighted by atomic mass is 10.1. The van der Waals surface area contributed by atoms with Crippen LogP contribution >= 0.6 is 0 Å². The number of hydrogen-bond acceptors (Lipinski definition) is 2. The van der Waals surface area contributed by atoms with E-state index >= 15 is 0 Å². The van der Waals surface area contributed by atoms with E-state index in [2.05, 4.69) is 64.3 Å². The van der Waals surface area contributed by atoms with Crippen molar-refractivity contribution in [2.75, 3.05) is 6.54 Å². The Morgan fingerprint density at radius 2 is 1.62 bits per heavy atom. The highest BCUT2D eigenvalue weighted by atomic mass is 15.0. The summed E-state index contributed by atoms with van der Waals surface area (Å²) in [5, 5.41) is 7.09. The Labute approximate surface area is 100 Å². The van der Waals surface area contributed by atoms with E-state index in [1.165, 1.54) is 11.3 Å². The van der Waals surface area contributed by atoms with Gasteiger partial charge in [-0.2, -0.15) is 0 Å². The zero-order valence-electron chi connectivity index (χ0n) is 11.6. The first-order valence-corrected chi connectivity index (χ1v) is 6.10. The molecule has 1 aliphatic rings.